The number of ether oxygens (including phenoxy) is 2. The molecule has 0 spiro atoms. The molecule has 7 heteroatoms. The zero-order valence-electron chi connectivity index (χ0n) is 18.3. The van der Waals surface area contributed by atoms with Crippen molar-refractivity contribution in [1.29, 1.82) is 0 Å². The molecule has 7 nitrogen and oxygen atoms in total. The molecule has 0 radical (unpaired) electrons. The van der Waals surface area contributed by atoms with Crippen molar-refractivity contribution in [3.05, 3.63) is 59.3 Å². The van der Waals surface area contributed by atoms with Crippen molar-refractivity contribution in [3.8, 4) is 11.5 Å². The van der Waals surface area contributed by atoms with Gasteiger partial charge in [-0.1, -0.05) is 37.1 Å². The molecule has 3 aromatic rings. The van der Waals surface area contributed by atoms with Crippen molar-refractivity contribution in [2.24, 2.45) is 0 Å². The van der Waals surface area contributed by atoms with E-state index in [0.29, 0.717) is 17.9 Å². The third kappa shape index (κ3) is 2.74. The Morgan fingerprint density at radius 1 is 0.970 bits per heavy atom. The molecule has 7 rings (SSSR count). The van der Waals surface area contributed by atoms with Crippen molar-refractivity contribution in [1.82, 2.24) is 14.8 Å². The highest BCUT2D eigenvalue weighted by Gasteiger charge is 2.49. The third-order valence-corrected chi connectivity index (χ3v) is 7.77. The second kappa shape index (κ2) is 7.01. The van der Waals surface area contributed by atoms with Crippen molar-refractivity contribution < 1.29 is 19.1 Å². The van der Waals surface area contributed by atoms with E-state index in [1.54, 1.807) is 0 Å². The topological polar surface area (TPSA) is 74.9 Å². The van der Waals surface area contributed by atoms with Gasteiger partial charge in [0.25, 0.3) is 0 Å². The number of hydrogen-bond donors (Lipinski definition) is 1. The van der Waals surface area contributed by atoms with Crippen LogP contribution >= 0.6 is 0 Å². The van der Waals surface area contributed by atoms with E-state index in [0.717, 1.165) is 53.4 Å². The van der Waals surface area contributed by atoms with Crippen LogP contribution in [0.2, 0.25) is 0 Å². The van der Waals surface area contributed by atoms with Crippen molar-refractivity contribution in [2.45, 2.75) is 50.2 Å². The predicted octanol–water partition coefficient (Wildman–Crippen LogP) is 3.52. The number of rotatable bonds is 2. The number of fused-ring (bicyclic) bond motifs is 5. The van der Waals surface area contributed by atoms with E-state index in [1.807, 2.05) is 40.1 Å². The molecule has 168 valence electrons. The first kappa shape index (κ1) is 19.0. The van der Waals surface area contributed by atoms with E-state index in [-0.39, 0.29) is 37.2 Å². The molecule has 2 atom stereocenters. The molecular weight excluding hydrogens is 418 g/mol. The van der Waals surface area contributed by atoms with Crippen LogP contribution < -0.4 is 9.47 Å². The van der Waals surface area contributed by atoms with Gasteiger partial charge in [-0.2, -0.15) is 0 Å². The molecule has 3 aliphatic heterocycles. The summed E-state index contributed by atoms with van der Waals surface area (Å²) >= 11 is 0. The zero-order chi connectivity index (χ0) is 22.1. The number of piperazine rings is 1. The number of aromatic nitrogens is 1. The van der Waals surface area contributed by atoms with Gasteiger partial charge in [0, 0.05) is 29.1 Å². The molecule has 1 N–H and O–H groups in total. The Balaban J connectivity index is 1.39. The number of carbonyl (C=O) groups excluding carboxylic acids is 2. The van der Waals surface area contributed by atoms with Gasteiger partial charge < -0.3 is 24.3 Å². The monoisotopic (exact) mass is 443 g/mol. The summed E-state index contributed by atoms with van der Waals surface area (Å²) in [7, 11) is 0. The first-order valence-corrected chi connectivity index (χ1v) is 11.8. The van der Waals surface area contributed by atoms with Gasteiger partial charge in [-0.3, -0.25) is 9.59 Å². The summed E-state index contributed by atoms with van der Waals surface area (Å²) in [5.74, 6) is 1.48. The fraction of sp³-hybridized carbons (Fsp3) is 0.385. The molecule has 1 saturated carbocycles. The summed E-state index contributed by atoms with van der Waals surface area (Å²) in [6.45, 7) is 0.359. The number of nitrogens with one attached hydrogen (secondary N) is 1. The quantitative estimate of drug-likeness (QED) is 0.658. The van der Waals surface area contributed by atoms with E-state index < -0.39 is 6.04 Å². The third-order valence-electron chi connectivity index (χ3n) is 7.77. The summed E-state index contributed by atoms with van der Waals surface area (Å²) in [6, 6.07) is 13.3. The van der Waals surface area contributed by atoms with Crippen LogP contribution in [-0.2, 0) is 16.0 Å². The van der Waals surface area contributed by atoms with Crippen LogP contribution in [0.5, 0.6) is 11.5 Å². The van der Waals surface area contributed by atoms with E-state index in [4.69, 9.17) is 9.47 Å². The lowest BCUT2D eigenvalue weighted by Gasteiger charge is -2.48. The Kier molecular flexibility index (Phi) is 4.04. The molecule has 2 fully saturated rings. The molecule has 2 unspecified atom stereocenters. The Morgan fingerprint density at radius 2 is 1.79 bits per heavy atom. The molecular formula is C26H25N3O4. The van der Waals surface area contributed by atoms with Crippen LogP contribution in [0.1, 0.15) is 48.5 Å². The Hall–Kier alpha value is -3.48. The molecule has 1 aliphatic carbocycles. The molecule has 2 aromatic carbocycles. The molecule has 4 aliphatic rings. The fourth-order valence-electron chi connectivity index (χ4n) is 6.24. The fourth-order valence-corrected chi connectivity index (χ4v) is 6.24. The lowest BCUT2D eigenvalue weighted by Crippen LogP contribution is -2.64. The maximum atomic E-state index is 13.8. The van der Waals surface area contributed by atoms with Gasteiger partial charge in [-0.25, -0.2) is 0 Å². The van der Waals surface area contributed by atoms with Crippen LogP contribution in [-0.4, -0.2) is 52.0 Å². The maximum Gasteiger partial charge on any atom is 0.246 e. The minimum Gasteiger partial charge on any atom is -0.454 e. The minimum absolute atomic E-state index is 0.0125. The number of para-hydroxylation sites is 1. The van der Waals surface area contributed by atoms with E-state index in [2.05, 4.69) is 17.1 Å². The zero-order valence-corrected chi connectivity index (χ0v) is 18.3. The molecule has 2 amide bonds. The van der Waals surface area contributed by atoms with Crippen molar-refractivity contribution in [3.63, 3.8) is 0 Å². The minimum atomic E-state index is -0.492. The first-order chi connectivity index (χ1) is 16.2. The van der Waals surface area contributed by atoms with Crippen molar-refractivity contribution in [2.75, 3.05) is 13.3 Å². The van der Waals surface area contributed by atoms with E-state index >= 15 is 0 Å². The van der Waals surface area contributed by atoms with Gasteiger partial charge in [-0.15, -0.1) is 0 Å². The predicted molar refractivity (Wildman–Crippen MR) is 121 cm³/mol. The lowest BCUT2D eigenvalue weighted by atomic mass is 9.85. The Bertz CT molecular complexity index is 1290. The second-order valence-electron chi connectivity index (χ2n) is 9.50. The normalized spacial score (nSPS) is 24.5. The second-order valence-corrected chi connectivity index (χ2v) is 9.50. The number of H-pyrrole nitrogens is 1. The van der Waals surface area contributed by atoms with Crippen LogP contribution in [0.25, 0.3) is 10.9 Å². The van der Waals surface area contributed by atoms with Gasteiger partial charge in [0.05, 0.1) is 6.04 Å². The highest BCUT2D eigenvalue weighted by Crippen LogP contribution is 2.45. The lowest BCUT2D eigenvalue weighted by molar-refractivity contribution is -0.160. The maximum absolute atomic E-state index is 13.8. The van der Waals surface area contributed by atoms with Gasteiger partial charge in [0.15, 0.2) is 11.5 Å². The number of benzene rings is 2. The smallest absolute Gasteiger partial charge is 0.246 e. The average Bonchev–Trinajstić information content (AvgIpc) is 3.59. The highest BCUT2D eigenvalue weighted by atomic mass is 16.7. The van der Waals surface area contributed by atoms with Crippen LogP contribution in [0, 0.1) is 0 Å². The largest absolute Gasteiger partial charge is 0.454 e. The summed E-state index contributed by atoms with van der Waals surface area (Å²) in [5.41, 5.74) is 4.07. The standard InChI is InChI=1S/C26H25N3O4/c30-23-13-28(16-5-1-2-6-16)26(31)20-12-18-17-7-3-4-8-19(17)27-24(18)25(29(20)23)15-9-10-21-22(11-15)33-14-32-21/h3-4,7-11,16,20,25,27H,1-2,5-6,12-14H2. The average molecular weight is 444 g/mol. The molecule has 4 heterocycles. The summed E-state index contributed by atoms with van der Waals surface area (Å²) in [5, 5.41) is 1.12. The molecule has 0 bridgehead atoms. The molecule has 1 saturated heterocycles. The Labute approximate surface area is 191 Å². The molecule has 1 aromatic heterocycles. The molecule has 33 heavy (non-hydrogen) atoms. The number of amides is 2. The van der Waals surface area contributed by atoms with Crippen LogP contribution in [0.15, 0.2) is 42.5 Å². The van der Waals surface area contributed by atoms with E-state index in [9.17, 15) is 9.59 Å². The number of carbonyl (C=O) groups is 2. The first-order valence-electron chi connectivity index (χ1n) is 11.8. The van der Waals surface area contributed by atoms with Gasteiger partial charge in [0.1, 0.15) is 12.6 Å². The number of aromatic amines is 1. The van der Waals surface area contributed by atoms with Crippen LogP contribution in [0.4, 0.5) is 0 Å². The number of nitrogens with zero attached hydrogens (tertiary/aromatic N) is 2. The summed E-state index contributed by atoms with van der Waals surface area (Å²) in [6.07, 6.45) is 4.78. The van der Waals surface area contributed by atoms with Gasteiger partial charge in [-0.05, 0) is 42.2 Å². The Morgan fingerprint density at radius 3 is 2.67 bits per heavy atom. The van der Waals surface area contributed by atoms with Gasteiger partial charge in [0.2, 0.25) is 18.6 Å². The highest BCUT2D eigenvalue weighted by molar-refractivity contribution is 5.98. The summed E-state index contributed by atoms with van der Waals surface area (Å²) < 4.78 is 11.1. The SMILES string of the molecule is O=C1C2Cc3c([nH]c4ccccc34)C(c3ccc4c(c3)OCO4)N2C(=O)CN1C1CCCC1. The summed E-state index contributed by atoms with van der Waals surface area (Å²) in [4.78, 5) is 34.7. The van der Waals surface area contributed by atoms with Crippen LogP contribution in [0.3, 0.4) is 0 Å². The van der Waals surface area contributed by atoms with Crippen molar-refractivity contribution >= 4 is 22.7 Å². The van der Waals surface area contributed by atoms with E-state index in [1.165, 1.54) is 0 Å². The number of hydrogen-bond acceptors (Lipinski definition) is 4. The van der Waals surface area contributed by atoms with Gasteiger partial charge >= 0.3 is 0 Å².